The van der Waals surface area contributed by atoms with Gasteiger partial charge in [0.1, 0.15) is 5.84 Å². The minimum Gasteiger partial charge on any atom is -0.465 e. The first-order valence-corrected chi connectivity index (χ1v) is 8.99. The molecular formula is C19H18N2O3S. The van der Waals surface area contributed by atoms with E-state index in [1.165, 1.54) is 7.11 Å². The Hall–Kier alpha value is -2.31. The second-order valence-electron chi connectivity index (χ2n) is 5.81. The number of benzene rings is 2. The highest BCUT2D eigenvalue weighted by Crippen LogP contribution is 2.41. The minimum absolute atomic E-state index is 0.328. The van der Waals surface area contributed by atoms with Gasteiger partial charge in [0.05, 0.1) is 31.6 Å². The molecular weight excluding hydrogens is 336 g/mol. The number of morpholine rings is 1. The van der Waals surface area contributed by atoms with Gasteiger partial charge in [0, 0.05) is 28.4 Å². The Morgan fingerprint density at radius 3 is 2.76 bits per heavy atom. The Balaban J connectivity index is 1.85. The molecule has 0 saturated carbocycles. The predicted molar refractivity (Wildman–Crippen MR) is 96.9 cm³/mol. The van der Waals surface area contributed by atoms with E-state index in [9.17, 15) is 4.79 Å². The zero-order chi connectivity index (χ0) is 17.2. The summed E-state index contributed by atoms with van der Waals surface area (Å²) in [5.74, 6) is 0.609. The molecule has 0 radical (unpaired) electrons. The van der Waals surface area contributed by atoms with E-state index < -0.39 is 0 Å². The first kappa shape index (κ1) is 16.2. The third kappa shape index (κ3) is 3.15. The van der Waals surface area contributed by atoms with E-state index in [2.05, 4.69) is 11.0 Å². The number of aliphatic imine (C=N–C) groups is 1. The maximum Gasteiger partial charge on any atom is 0.337 e. The van der Waals surface area contributed by atoms with Gasteiger partial charge in [-0.2, -0.15) is 0 Å². The van der Waals surface area contributed by atoms with Crippen LogP contribution in [0, 0.1) is 0 Å². The van der Waals surface area contributed by atoms with Crippen LogP contribution in [-0.4, -0.2) is 50.1 Å². The van der Waals surface area contributed by atoms with Crippen LogP contribution in [0.15, 0.2) is 57.2 Å². The van der Waals surface area contributed by atoms with E-state index in [4.69, 9.17) is 14.5 Å². The molecule has 6 heteroatoms. The van der Waals surface area contributed by atoms with Crippen molar-refractivity contribution in [3.63, 3.8) is 0 Å². The van der Waals surface area contributed by atoms with Crippen LogP contribution in [0.1, 0.15) is 15.9 Å². The summed E-state index contributed by atoms with van der Waals surface area (Å²) >= 11 is 1.63. The largest absolute Gasteiger partial charge is 0.465 e. The van der Waals surface area contributed by atoms with Crippen LogP contribution in [0.25, 0.3) is 0 Å². The average Bonchev–Trinajstić information content (AvgIpc) is 2.84. The molecule has 25 heavy (non-hydrogen) atoms. The van der Waals surface area contributed by atoms with Gasteiger partial charge >= 0.3 is 5.97 Å². The smallest absolute Gasteiger partial charge is 0.337 e. The summed E-state index contributed by atoms with van der Waals surface area (Å²) in [6.07, 6.45) is 0. The fourth-order valence-corrected chi connectivity index (χ4v) is 4.04. The zero-order valence-electron chi connectivity index (χ0n) is 13.9. The normalized spacial score (nSPS) is 16.4. The number of esters is 1. The molecule has 2 aromatic carbocycles. The van der Waals surface area contributed by atoms with E-state index in [0.717, 1.165) is 40.0 Å². The number of fused-ring (bicyclic) bond motifs is 2. The van der Waals surface area contributed by atoms with E-state index in [1.54, 1.807) is 17.8 Å². The van der Waals surface area contributed by atoms with Crippen LogP contribution in [0.3, 0.4) is 0 Å². The number of hydrogen-bond donors (Lipinski definition) is 0. The summed E-state index contributed by atoms with van der Waals surface area (Å²) in [5, 5.41) is 0. The summed E-state index contributed by atoms with van der Waals surface area (Å²) in [6, 6.07) is 13.7. The van der Waals surface area contributed by atoms with Gasteiger partial charge in [-0.25, -0.2) is 9.79 Å². The molecule has 0 aromatic heterocycles. The molecule has 2 aliphatic rings. The molecule has 128 valence electrons. The topological polar surface area (TPSA) is 51.1 Å². The summed E-state index contributed by atoms with van der Waals surface area (Å²) in [5.41, 5.74) is 2.54. The molecule has 0 spiro atoms. The van der Waals surface area contributed by atoms with Crippen molar-refractivity contribution < 1.29 is 14.3 Å². The number of hydrogen-bond acceptors (Lipinski definition) is 6. The van der Waals surface area contributed by atoms with Crippen LogP contribution in [-0.2, 0) is 9.47 Å². The van der Waals surface area contributed by atoms with Crippen molar-refractivity contribution in [1.82, 2.24) is 4.90 Å². The number of amidine groups is 1. The second-order valence-corrected chi connectivity index (χ2v) is 6.89. The number of carbonyl (C=O) groups is 1. The summed E-state index contributed by atoms with van der Waals surface area (Å²) < 4.78 is 10.3. The van der Waals surface area contributed by atoms with Gasteiger partial charge in [-0.3, -0.25) is 0 Å². The van der Waals surface area contributed by atoms with Crippen LogP contribution in [0.5, 0.6) is 0 Å². The fraction of sp³-hybridized carbons (Fsp3) is 0.263. The summed E-state index contributed by atoms with van der Waals surface area (Å²) in [6.45, 7) is 3.01. The number of ether oxygens (including phenoxy) is 2. The Morgan fingerprint density at radius 1 is 1.16 bits per heavy atom. The van der Waals surface area contributed by atoms with Crippen molar-refractivity contribution in [2.45, 2.75) is 9.79 Å². The molecule has 0 bridgehead atoms. The van der Waals surface area contributed by atoms with E-state index in [1.807, 2.05) is 30.3 Å². The van der Waals surface area contributed by atoms with Crippen molar-refractivity contribution in [2.24, 2.45) is 4.99 Å². The Bertz CT molecular complexity index is 844. The van der Waals surface area contributed by atoms with Crippen molar-refractivity contribution in [3.05, 3.63) is 53.6 Å². The quantitative estimate of drug-likeness (QED) is 0.735. The number of para-hydroxylation sites is 1. The van der Waals surface area contributed by atoms with Crippen LogP contribution in [0.2, 0.25) is 0 Å². The van der Waals surface area contributed by atoms with Gasteiger partial charge in [0.15, 0.2) is 0 Å². The molecule has 2 aliphatic heterocycles. The third-order valence-corrected chi connectivity index (χ3v) is 5.39. The Labute approximate surface area is 150 Å². The number of methoxy groups -OCH3 is 1. The van der Waals surface area contributed by atoms with Gasteiger partial charge in [0.25, 0.3) is 0 Å². The summed E-state index contributed by atoms with van der Waals surface area (Å²) in [7, 11) is 1.40. The average molecular weight is 354 g/mol. The molecule has 4 rings (SSSR count). The second kappa shape index (κ2) is 6.90. The Morgan fingerprint density at radius 2 is 1.96 bits per heavy atom. The number of rotatable bonds is 1. The maximum absolute atomic E-state index is 11.9. The maximum atomic E-state index is 11.9. The van der Waals surface area contributed by atoms with Crippen molar-refractivity contribution in [3.8, 4) is 0 Å². The molecule has 2 aromatic rings. The number of carbonyl (C=O) groups excluding carboxylic acids is 1. The Kier molecular flexibility index (Phi) is 4.46. The predicted octanol–water partition coefficient (Wildman–Crippen LogP) is 3.35. The lowest BCUT2D eigenvalue weighted by Gasteiger charge is -2.30. The lowest BCUT2D eigenvalue weighted by molar-refractivity contribution is 0.0600. The van der Waals surface area contributed by atoms with Crippen molar-refractivity contribution >= 4 is 29.3 Å². The van der Waals surface area contributed by atoms with Crippen LogP contribution < -0.4 is 0 Å². The molecule has 0 unspecified atom stereocenters. The van der Waals surface area contributed by atoms with Gasteiger partial charge in [0.2, 0.25) is 0 Å². The lowest BCUT2D eigenvalue weighted by Crippen LogP contribution is -2.41. The van der Waals surface area contributed by atoms with Crippen molar-refractivity contribution in [1.29, 1.82) is 0 Å². The monoisotopic (exact) mass is 354 g/mol. The van der Waals surface area contributed by atoms with E-state index in [0.29, 0.717) is 18.8 Å². The van der Waals surface area contributed by atoms with Gasteiger partial charge in [-0.15, -0.1) is 0 Å². The van der Waals surface area contributed by atoms with E-state index in [-0.39, 0.29) is 5.97 Å². The molecule has 0 atom stereocenters. The summed E-state index contributed by atoms with van der Waals surface area (Å²) in [4.78, 5) is 21.2. The molecule has 1 saturated heterocycles. The minimum atomic E-state index is -0.328. The SMILES string of the molecule is COC(=O)c1ccc2c(c1)Sc1ccccc1N=C2N1CCOCC1. The van der Waals surface area contributed by atoms with Gasteiger partial charge < -0.3 is 14.4 Å². The van der Waals surface area contributed by atoms with Gasteiger partial charge in [-0.05, 0) is 30.3 Å². The molecule has 0 aliphatic carbocycles. The molecule has 5 nitrogen and oxygen atoms in total. The zero-order valence-corrected chi connectivity index (χ0v) is 14.7. The molecule has 2 heterocycles. The standard InChI is InChI=1S/C19H18N2O3S/c1-23-19(22)13-6-7-14-17(12-13)25-16-5-3-2-4-15(16)20-18(14)21-8-10-24-11-9-21/h2-7,12H,8-11H2,1H3. The highest BCUT2D eigenvalue weighted by Gasteiger charge is 2.24. The highest BCUT2D eigenvalue weighted by atomic mass is 32.2. The molecule has 0 amide bonds. The highest BCUT2D eigenvalue weighted by molar-refractivity contribution is 7.99. The first-order valence-electron chi connectivity index (χ1n) is 8.17. The molecule has 0 N–H and O–H groups in total. The van der Waals surface area contributed by atoms with Gasteiger partial charge in [-0.1, -0.05) is 23.9 Å². The fourth-order valence-electron chi connectivity index (χ4n) is 2.98. The lowest BCUT2D eigenvalue weighted by atomic mass is 10.1. The molecule has 1 fully saturated rings. The van der Waals surface area contributed by atoms with Crippen LogP contribution >= 0.6 is 11.8 Å². The van der Waals surface area contributed by atoms with E-state index >= 15 is 0 Å². The van der Waals surface area contributed by atoms with Crippen molar-refractivity contribution in [2.75, 3.05) is 33.4 Å². The van der Waals surface area contributed by atoms with Crippen LogP contribution in [0.4, 0.5) is 5.69 Å². The number of nitrogens with zero attached hydrogens (tertiary/aromatic N) is 2. The first-order chi connectivity index (χ1) is 12.3. The third-order valence-electron chi connectivity index (χ3n) is 4.27.